The molecule has 0 saturated carbocycles. The van der Waals surface area contributed by atoms with Gasteiger partial charge in [-0.25, -0.2) is 8.42 Å². The number of anilines is 2. The zero-order chi connectivity index (χ0) is 15.5. The molecule has 8 nitrogen and oxygen atoms in total. The number of ether oxygens (including phenoxy) is 1. The van der Waals surface area contributed by atoms with E-state index in [-0.39, 0.29) is 23.6 Å². The van der Waals surface area contributed by atoms with Gasteiger partial charge in [0.25, 0.3) is 0 Å². The van der Waals surface area contributed by atoms with E-state index in [1.54, 1.807) is 0 Å². The summed E-state index contributed by atoms with van der Waals surface area (Å²) in [6.45, 7) is 7.17. The Bertz CT molecular complexity index is 568. The molecule has 1 aromatic rings. The first-order chi connectivity index (χ1) is 9.95. The van der Waals surface area contributed by atoms with Gasteiger partial charge in [-0.3, -0.25) is 0 Å². The summed E-state index contributed by atoms with van der Waals surface area (Å²) < 4.78 is 28.7. The summed E-state index contributed by atoms with van der Waals surface area (Å²) in [7, 11) is -2.97. The number of sulfone groups is 1. The third-order valence-electron chi connectivity index (χ3n) is 3.14. The average Bonchev–Trinajstić information content (AvgIpc) is 2.38. The van der Waals surface area contributed by atoms with Gasteiger partial charge in [-0.15, -0.1) is 0 Å². The van der Waals surface area contributed by atoms with Gasteiger partial charge >= 0.3 is 6.01 Å². The number of nitrogens with zero attached hydrogens (tertiary/aromatic N) is 4. The molecule has 1 saturated heterocycles. The molecule has 0 bridgehead atoms. The lowest BCUT2D eigenvalue weighted by molar-refractivity contribution is 0.311. The molecule has 1 aliphatic rings. The van der Waals surface area contributed by atoms with E-state index < -0.39 is 9.84 Å². The zero-order valence-corrected chi connectivity index (χ0v) is 13.4. The van der Waals surface area contributed by atoms with Crippen molar-refractivity contribution in [2.24, 2.45) is 0 Å². The molecule has 2 heterocycles. The number of hydrogen-bond acceptors (Lipinski definition) is 8. The van der Waals surface area contributed by atoms with Gasteiger partial charge < -0.3 is 15.0 Å². The molecule has 118 valence electrons. The van der Waals surface area contributed by atoms with Crippen molar-refractivity contribution >= 4 is 21.7 Å². The van der Waals surface area contributed by atoms with E-state index in [9.17, 15) is 8.42 Å². The first kappa shape index (κ1) is 15.7. The maximum absolute atomic E-state index is 11.7. The standard InChI is InChI=1S/C12H21N5O3S/c1-4-13-10-14-11(16-12(15-10)20-5-2)17-6-7-21(18,19)8-9(17)3/h9H,4-8H2,1-3H3,(H,13,14,15,16). The first-order valence-corrected chi connectivity index (χ1v) is 8.87. The van der Waals surface area contributed by atoms with Crippen molar-refractivity contribution in [2.75, 3.05) is 41.4 Å². The Labute approximate surface area is 124 Å². The SMILES string of the molecule is CCNc1nc(OCC)nc(N2CCS(=O)(=O)CC2C)n1. The van der Waals surface area contributed by atoms with Crippen LogP contribution in [0.15, 0.2) is 0 Å². The lowest BCUT2D eigenvalue weighted by Gasteiger charge is -2.33. The van der Waals surface area contributed by atoms with E-state index in [1.807, 2.05) is 25.7 Å². The summed E-state index contributed by atoms with van der Waals surface area (Å²) in [6.07, 6.45) is 0. The van der Waals surface area contributed by atoms with Crippen molar-refractivity contribution in [2.45, 2.75) is 26.8 Å². The molecule has 1 atom stereocenters. The maximum atomic E-state index is 11.7. The van der Waals surface area contributed by atoms with Crippen molar-refractivity contribution in [3.05, 3.63) is 0 Å². The number of hydrogen-bond donors (Lipinski definition) is 1. The highest BCUT2D eigenvalue weighted by atomic mass is 32.2. The van der Waals surface area contributed by atoms with Crippen LogP contribution in [-0.4, -0.2) is 60.6 Å². The molecule has 0 amide bonds. The molecule has 1 N–H and O–H groups in total. The summed E-state index contributed by atoms with van der Waals surface area (Å²) in [5.74, 6) is 1.11. The number of rotatable bonds is 5. The van der Waals surface area contributed by atoms with Crippen LogP contribution in [0, 0.1) is 0 Å². The Morgan fingerprint density at radius 1 is 1.33 bits per heavy atom. The predicted molar refractivity (Wildman–Crippen MR) is 80.6 cm³/mol. The Balaban J connectivity index is 2.29. The Morgan fingerprint density at radius 3 is 2.71 bits per heavy atom. The van der Waals surface area contributed by atoms with Crippen molar-refractivity contribution in [3.8, 4) is 6.01 Å². The second-order valence-electron chi connectivity index (χ2n) is 4.86. The molecule has 0 aliphatic carbocycles. The third-order valence-corrected chi connectivity index (χ3v) is 4.93. The third kappa shape index (κ3) is 3.93. The molecule has 0 aromatic carbocycles. The van der Waals surface area contributed by atoms with E-state index in [0.29, 0.717) is 31.6 Å². The van der Waals surface area contributed by atoms with Gasteiger partial charge in [0, 0.05) is 19.1 Å². The van der Waals surface area contributed by atoms with Crippen LogP contribution in [-0.2, 0) is 9.84 Å². The molecule has 21 heavy (non-hydrogen) atoms. The van der Waals surface area contributed by atoms with Gasteiger partial charge in [-0.2, -0.15) is 15.0 Å². The number of nitrogens with one attached hydrogen (secondary N) is 1. The molecule has 1 aliphatic heterocycles. The minimum Gasteiger partial charge on any atom is -0.464 e. The van der Waals surface area contributed by atoms with E-state index in [1.165, 1.54) is 0 Å². The molecule has 1 aromatic heterocycles. The second kappa shape index (κ2) is 6.42. The summed E-state index contributed by atoms with van der Waals surface area (Å²) >= 11 is 0. The van der Waals surface area contributed by atoms with Gasteiger partial charge in [0.15, 0.2) is 9.84 Å². The van der Waals surface area contributed by atoms with Gasteiger partial charge in [-0.05, 0) is 20.8 Å². The topological polar surface area (TPSA) is 97.3 Å². The van der Waals surface area contributed by atoms with E-state index >= 15 is 0 Å². The summed E-state index contributed by atoms with van der Waals surface area (Å²) in [5.41, 5.74) is 0. The van der Waals surface area contributed by atoms with Crippen LogP contribution in [0.1, 0.15) is 20.8 Å². The monoisotopic (exact) mass is 315 g/mol. The molecular formula is C12H21N5O3S. The fraction of sp³-hybridized carbons (Fsp3) is 0.750. The van der Waals surface area contributed by atoms with Gasteiger partial charge in [0.1, 0.15) is 0 Å². The highest BCUT2D eigenvalue weighted by Gasteiger charge is 2.30. The van der Waals surface area contributed by atoms with Crippen LogP contribution in [0.3, 0.4) is 0 Å². The van der Waals surface area contributed by atoms with Gasteiger partial charge in [0.2, 0.25) is 11.9 Å². The molecule has 1 fully saturated rings. The Hall–Kier alpha value is -1.64. The molecule has 0 spiro atoms. The average molecular weight is 315 g/mol. The van der Waals surface area contributed by atoms with Gasteiger partial charge in [-0.1, -0.05) is 0 Å². The predicted octanol–water partition coefficient (Wildman–Crippen LogP) is 0.325. The van der Waals surface area contributed by atoms with Crippen LogP contribution in [0.5, 0.6) is 6.01 Å². The lowest BCUT2D eigenvalue weighted by Crippen LogP contribution is -2.47. The van der Waals surface area contributed by atoms with Crippen molar-refractivity contribution < 1.29 is 13.2 Å². The normalized spacial score (nSPS) is 21.1. The molecule has 9 heteroatoms. The lowest BCUT2D eigenvalue weighted by atomic mass is 10.3. The highest BCUT2D eigenvalue weighted by Crippen LogP contribution is 2.21. The van der Waals surface area contributed by atoms with Gasteiger partial charge in [0.05, 0.1) is 18.1 Å². The Morgan fingerprint density at radius 2 is 2.10 bits per heavy atom. The minimum absolute atomic E-state index is 0.110. The molecule has 0 radical (unpaired) electrons. The van der Waals surface area contributed by atoms with Crippen molar-refractivity contribution in [1.29, 1.82) is 0 Å². The summed E-state index contributed by atoms with van der Waals surface area (Å²) in [4.78, 5) is 14.7. The van der Waals surface area contributed by atoms with E-state index in [0.717, 1.165) is 0 Å². The maximum Gasteiger partial charge on any atom is 0.323 e. The fourth-order valence-electron chi connectivity index (χ4n) is 2.20. The number of aromatic nitrogens is 3. The van der Waals surface area contributed by atoms with E-state index in [2.05, 4.69) is 20.3 Å². The van der Waals surface area contributed by atoms with Crippen LogP contribution < -0.4 is 15.0 Å². The first-order valence-electron chi connectivity index (χ1n) is 7.05. The van der Waals surface area contributed by atoms with Crippen LogP contribution in [0.25, 0.3) is 0 Å². The molecular weight excluding hydrogens is 294 g/mol. The van der Waals surface area contributed by atoms with E-state index in [4.69, 9.17) is 4.74 Å². The largest absolute Gasteiger partial charge is 0.464 e. The van der Waals surface area contributed by atoms with Crippen molar-refractivity contribution in [1.82, 2.24) is 15.0 Å². The second-order valence-corrected chi connectivity index (χ2v) is 7.09. The minimum atomic E-state index is -2.97. The van der Waals surface area contributed by atoms with Crippen LogP contribution >= 0.6 is 0 Å². The zero-order valence-electron chi connectivity index (χ0n) is 12.5. The van der Waals surface area contributed by atoms with Crippen molar-refractivity contribution in [3.63, 3.8) is 0 Å². The Kier molecular flexibility index (Phi) is 4.81. The highest BCUT2D eigenvalue weighted by molar-refractivity contribution is 7.91. The van der Waals surface area contributed by atoms with Crippen LogP contribution in [0.2, 0.25) is 0 Å². The summed E-state index contributed by atoms with van der Waals surface area (Å²) in [6, 6.07) is 0.0779. The molecule has 2 rings (SSSR count). The van der Waals surface area contributed by atoms with Crippen LogP contribution in [0.4, 0.5) is 11.9 Å². The quantitative estimate of drug-likeness (QED) is 0.830. The molecule has 1 unspecified atom stereocenters. The fourth-order valence-corrected chi connectivity index (χ4v) is 3.76. The smallest absolute Gasteiger partial charge is 0.323 e. The summed E-state index contributed by atoms with van der Waals surface area (Å²) in [5, 5.41) is 3.03.